The summed E-state index contributed by atoms with van der Waals surface area (Å²) < 4.78 is 6.46. The standard InChI is InChI=1S/C48H29NO/c1-2-12-30-28-44-42(26-29(30)11-1)41-27-33(23-24-43(41)49-44)47-38-18-5-3-16-36(38)46(37-17-4-6-19-39(37)47)32-14-9-13-31(25-32)34-20-10-21-40-35-15-7-8-22-45(35)50-48(34)40/h1-28,49H. The van der Waals surface area contributed by atoms with E-state index in [1.165, 1.54) is 70.9 Å². The Balaban J connectivity index is 1.15. The molecule has 0 spiro atoms. The molecular formula is C48H29NO. The van der Waals surface area contributed by atoms with E-state index in [4.69, 9.17) is 4.42 Å². The van der Waals surface area contributed by atoms with Gasteiger partial charge in [-0.1, -0.05) is 133 Å². The van der Waals surface area contributed by atoms with Gasteiger partial charge in [0.05, 0.1) is 0 Å². The van der Waals surface area contributed by atoms with Crippen LogP contribution in [0.1, 0.15) is 0 Å². The number of hydrogen-bond acceptors (Lipinski definition) is 1. The van der Waals surface area contributed by atoms with Crippen LogP contribution in [0.2, 0.25) is 0 Å². The fourth-order valence-corrected chi connectivity index (χ4v) is 8.31. The predicted octanol–water partition coefficient (Wildman–Crippen LogP) is 13.7. The van der Waals surface area contributed by atoms with Crippen molar-refractivity contribution in [3.8, 4) is 33.4 Å². The number of aromatic amines is 1. The van der Waals surface area contributed by atoms with Crippen molar-refractivity contribution in [1.82, 2.24) is 4.98 Å². The predicted molar refractivity (Wildman–Crippen MR) is 212 cm³/mol. The zero-order valence-corrected chi connectivity index (χ0v) is 27.1. The molecule has 2 heterocycles. The molecule has 0 saturated heterocycles. The van der Waals surface area contributed by atoms with Crippen molar-refractivity contribution in [3.63, 3.8) is 0 Å². The van der Waals surface area contributed by atoms with Gasteiger partial charge in [0.25, 0.3) is 0 Å². The Bertz CT molecular complexity index is 3100. The fraction of sp³-hybridized carbons (Fsp3) is 0. The highest BCUT2D eigenvalue weighted by Gasteiger charge is 2.19. The average Bonchev–Trinajstić information content (AvgIpc) is 3.73. The molecule has 0 radical (unpaired) electrons. The van der Waals surface area contributed by atoms with E-state index in [9.17, 15) is 0 Å². The van der Waals surface area contributed by atoms with Crippen LogP contribution in [-0.2, 0) is 0 Å². The summed E-state index contributed by atoms with van der Waals surface area (Å²) in [4.78, 5) is 3.68. The Morgan fingerprint density at radius 2 is 0.900 bits per heavy atom. The first-order valence-electron chi connectivity index (χ1n) is 17.2. The third kappa shape index (κ3) is 3.96. The second-order valence-corrected chi connectivity index (χ2v) is 13.3. The molecule has 2 nitrogen and oxygen atoms in total. The molecule has 0 unspecified atom stereocenters. The molecule has 0 bridgehead atoms. The number of benzene rings is 9. The Labute approximate surface area is 287 Å². The molecule has 2 heteroatoms. The van der Waals surface area contributed by atoms with Crippen LogP contribution < -0.4 is 0 Å². The van der Waals surface area contributed by atoms with E-state index in [1.807, 2.05) is 12.1 Å². The van der Waals surface area contributed by atoms with Gasteiger partial charge in [-0.3, -0.25) is 0 Å². The summed E-state index contributed by atoms with van der Waals surface area (Å²) in [6.07, 6.45) is 0. The third-order valence-electron chi connectivity index (χ3n) is 10.6. The largest absolute Gasteiger partial charge is 0.455 e. The lowest BCUT2D eigenvalue weighted by atomic mass is 9.85. The SMILES string of the molecule is c1cc(-c2c3ccccc3c(-c3ccc4[nH]c5cc6ccccc6cc5c4c3)c3ccccc23)cc(-c2cccc3c2oc2ccccc23)c1. The summed E-state index contributed by atoms with van der Waals surface area (Å²) in [7, 11) is 0. The summed E-state index contributed by atoms with van der Waals surface area (Å²) in [5.41, 5.74) is 11.3. The van der Waals surface area contributed by atoms with Crippen LogP contribution in [0.5, 0.6) is 0 Å². The van der Waals surface area contributed by atoms with Gasteiger partial charge in [-0.05, 0) is 96.5 Å². The van der Waals surface area contributed by atoms with Gasteiger partial charge >= 0.3 is 0 Å². The fourth-order valence-electron chi connectivity index (χ4n) is 8.31. The van der Waals surface area contributed by atoms with E-state index in [-0.39, 0.29) is 0 Å². The first-order chi connectivity index (χ1) is 24.8. The molecule has 0 aliphatic carbocycles. The van der Waals surface area contributed by atoms with Gasteiger partial charge in [0.1, 0.15) is 11.2 Å². The maximum Gasteiger partial charge on any atom is 0.143 e. The van der Waals surface area contributed by atoms with Crippen LogP contribution >= 0.6 is 0 Å². The Morgan fingerprint density at radius 1 is 0.340 bits per heavy atom. The quantitative estimate of drug-likeness (QED) is 0.192. The molecule has 1 N–H and O–H groups in total. The smallest absolute Gasteiger partial charge is 0.143 e. The summed E-state index contributed by atoms with van der Waals surface area (Å²) in [6.45, 7) is 0. The van der Waals surface area contributed by atoms with Crippen LogP contribution in [0.4, 0.5) is 0 Å². The van der Waals surface area contributed by atoms with E-state index in [0.717, 1.165) is 38.6 Å². The van der Waals surface area contributed by atoms with E-state index in [1.54, 1.807) is 0 Å². The van der Waals surface area contributed by atoms with Gasteiger partial charge in [-0.2, -0.15) is 0 Å². The summed E-state index contributed by atoms with van der Waals surface area (Å²) in [5, 5.41) is 12.3. The van der Waals surface area contributed by atoms with Crippen molar-refractivity contribution in [2.24, 2.45) is 0 Å². The van der Waals surface area contributed by atoms with Gasteiger partial charge in [-0.15, -0.1) is 0 Å². The van der Waals surface area contributed by atoms with Gasteiger partial charge in [-0.25, -0.2) is 0 Å². The maximum absolute atomic E-state index is 6.46. The number of fused-ring (bicyclic) bond motifs is 9. The van der Waals surface area contributed by atoms with E-state index in [0.29, 0.717) is 0 Å². The molecule has 50 heavy (non-hydrogen) atoms. The van der Waals surface area contributed by atoms with Crippen LogP contribution in [0.25, 0.3) is 109 Å². The lowest BCUT2D eigenvalue weighted by Gasteiger charge is -2.18. The second kappa shape index (κ2) is 10.4. The maximum atomic E-state index is 6.46. The van der Waals surface area contributed by atoms with Crippen molar-refractivity contribution >= 4 is 76.1 Å². The Hall–Kier alpha value is -6.64. The highest BCUT2D eigenvalue weighted by Crippen LogP contribution is 2.46. The van der Waals surface area contributed by atoms with E-state index >= 15 is 0 Å². The molecule has 0 fully saturated rings. The highest BCUT2D eigenvalue weighted by molar-refractivity contribution is 6.23. The molecule has 232 valence electrons. The zero-order chi connectivity index (χ0) is 32.8. The number of rotatable bonds is 3. The Kier molecular flexibility index (Phi) is 5.70. The first kappa shape index (κ1) is 27.3. The summed E-state index contributed by atoms with van der Waals surface area (Å²) in [5.74, 6) is 0. The number of para-hydroxylation sites is 2. The molecule has 0 amide bonds. The van der Waals surface area contributed by atoms with Crippen molar-refractivity contribution in [2.75, 3.05) is 0 Å². The van der Waals surface area contributed by atoms with Gasteiger partial charge in [0.15, 0.2) is 0 Å². The van der Waals surface area contributed by atoms with Gasteiger partial charge < -0.3 is 9.40 Å². The molecule has 2 aromatic heterocycles. The monoisotopic (exact) mass is 635 g/mol. The van der Waals surface area contributed by atoms with Crippen LogP contribution in [-0.4, -0.2) is 4.98 Å². The Morgan fingerprint density at radius 3 is 1.64 bits per heavy atom. The van der Waals surface area contributed by atoms with Crippen LogP contribution in [0, 0.1) is 0 Å². The third-order valence-corrected chi connectivity index (χ3v) is 10.6. The van der Waals surface area contributed by atoms with Crippen molar-refractivity contribution in [1.29, 1.82) is 0 Å². The number of furan rings is 1. The van der Waals surface area contributed by atoms with Crippen LogP contribution in [0.15, 0.2) is 174 Å². The number of H-pyrrole nitrogens is 1. The normalized spacial score (nSPS) is 12.0. The van der Waals surface area contributed by atoms with Gasteiger partial charge in [0, 0.05) is 38.1 Å². The summed E-state index contributed by atoms with van der Waals surface area (Å²) >= 11 is 0. The van der Waals surface area contributed by atoms with Crippen molar-refractivity contribution in [3.05, 3.63) is 170 Å². The van der Waals surface area contributed by atoms with Gasteiger partial charge in [0.2, 0.25) is 0 Å². The average molecular weight is 636 g/mol. The number of nitrogens with one attached hydrogen (secondary N) is 1. The molecular weight excluding hydrogens is 607 g/mol. The molecule has 0 aliphatic heterocycles. The number of aromatic nitrogens is 1. The van der Waals surface area contributed by atoms with E-state index in [2.05, 4.69) is 163 Å². The topological polar surface area (TPSA) is 28.9 Å². The molecule has 0 atom stereocenters. The minimum Gasteiger partial charge on any atom is -0.455 e. The zero-order valence-electron chi connectivity index (χ0n) is 27.1. The molecule has 0 saturated carbocycles. The minimum absolute atomic E-state index is 0.915. The van der Waals surface area contributed by atoms with Crippen molar-refractivity contribution in [2.45, 2.75) is 0 Å². The molecule has 11 rings (SSSR count). The highest BCUT2D eigenvalue weighted by atomic mass is 16.3. The molecule has 9 aromatic carbocycles. The van der Waals surface area contributed by atoms with Crippen molar-refractivity contribution < 1.29 is 4.42 Å². The van der Waals surface area contributed by atoms with Crippen LogP contribution in [0.3, 0.4) is 0 Å². The first-order valence-corrected chi connectivity index (χ1v) is 17.2. The second-order valence-electron chi connectivity index (χ2n) is 13.3. The molecule has 0 aliphatic rings. The lowest BCUT2D eigenvalue weighted by molar-refractivity contribution is 0.670. The summed E-state index contributed by atoms with van der Waals surface area (Å²) in [6, 6.07) is 61.6. The van der Waals surface area contributed by atoms with E-state index < -0.39 is 0 Å². The lowest BCUT2D eigenvalue weighted by Crippen LogP contribution is -1.91. The number of hydrogen-bond donors (Lipinski definition) is 1. The minimum atomic E-state index is 0.915. The molecule has 11 aromatic rings.